The fourth-order valence-corrected chi connectivity index (χ4v) is 2.82. The van der Waals surface area contributed by atoms with Crippen LogP contribution in [0.3, 0.4) is 0 Å². The number of halogens is 2. The van der Waals surface area contributed by atoms with E-state index in [1.54, 1.807) is 6.07 Å². The van der Waals surface area contributed by atoms with E-state index in [2.05, 4.69) is 17.1 Å². The number of nitrogens with one attached hydrogen (secondary N) is 1. The number of rotatable bonds is 3. The van der Waals surface area contributed by atoms with Crippen molar-refractivity contribution >= 4 is 41.2 Å². The van der Waals surface area contributed by atoms with E-state index in [1.165, 1.54) is 11.3 Å². The summed E-state index contributed by atoms with van der Waals surface area (Å²) >= 11 is 1.28. The van der Waals surface area contributed by atoms with E-state index < -0.39 is 0 Å². The first-order valence-corrected chi connectivity index (χ1v) is 6.19. The van der Waals surface area contributed by atoms with E-state index in [0.29, 0.717) is 0 Å². The molecular formula is C10H17Cl2N3O2S. The molecule has 8 heteroatoms. The largest absolute Gasteiger partial charge is 0.324 e. The summed E-state index contributed by atoms with van der Waals surface area (Å²) in [6, 6.07) is 3.74. The maximum Gasteiger partial charge on any atom is 0.324 e. The lowest BCUT2D eigenvalue weighted by atomic mass is 10.2. The van der Waals surface area contributed by atoms with Gasteiger partial charge in [0.05, 0.1) is 4.92 Å². The second-order valence-corrected chi connectivity index (χ2v) is 4.99. The summed E-state index contributed by atoms with van der Waals surface area (Å²) in [5, 5.41) is 14.1. The highest BCUT2D eigenvalue weighted by Gasteiger charge is 2.21. The molecule has 1 aromatic rings. The van der Waals surface area contributed by atoms with Crippen molar-refractivity contribution in [3.05, 3.63) is 27.1 Å². The van der Waals surface area contributed by atoms with Crippen LogP contribution in [0.1, 0.15) is 17.8 Å². The molecule has 18 heavy (non-hydrogen) atoms. The monoisotopic (exact) mass is 313 g/mol. The zero-order valence-electron chi connectivity index (χ0n) is 10.00. The van der Waals surface area contributed by atoms with E-state index in [0.717, 1.165) is 31.1 Å². The molecule has 1 fully saturated rings. The Morgan fingerprint density at radius 1 is 1.39 bits per heavy atom. The molecule has 1 aliphatic heterocycles. The van der Waals surface area contributed by atoms with Crippen LogP contribution in [-0.4, -0.2) is 36.0 Å². The smallest absolute Gasteiger partial charge is 0.314 e. The molecule has 1 saturated heterocycles. The summed E-state index contributed by atoms with van der Waals surface area (Å²) in [5.41, 5.74) is 0. The summed E-state index contributed by atoms with van der Waals surface area (Å²) in [6.45, 7) is 6.12. The van der Waals surface area contributed by atoms with Gasteiger partial charge in [0, 0.05) is 43.2 Å². The van der Waals surface area contributed by atoms with Gasteiger partial charge >= 0.3 is 5.00 Å². The number of thiophene rings is 1. The van der Waals surface area contributed by atoms with Crippen LogP contribution in [0, 0.1) is 10.1 Å². The van der Waals surface area contributed by atoms with E-state index in [9.17, 15) is 10.1 Å². The Bertz CT molecular complexity index is 383. The molecule has 0 spiro atoms. The van der Waals surface area contributed by atoms with E-state index in [4.69, 9.17) is 0 Å². The number of piperazine rings is 1. The lowest BCUT2D eigenvalue weighted by molar-refractivity contribution is -0.380. The molecule has 5 nitrogen and oxygen atoms in total. The summed E-state index contributed by atoms with van der Waals surface area (Å²) in [7, 11) is 0. The first kappa shape index (κ1) is 17.6. The van der Waals surface area contributed by atoms with Crippen LogP contribution in [0.4, 0.5) is 5.00 Å². The van der Waals surface area contributed by atoms with Crippen molar-refractivity contribution < 1.29 is 4.92 Å². The van der Waals surface area contributed by atoms with Gasteiger partial charge in [0.25, 0.3) is 0 Å². The minimum atomic E-state index is -0.321. The molecule has 0 saturated carbocycles. The minimum Gasteiger partial charge on any atom is -0.314 e. The van der Waals surface area contributed by atoms with Crippen molar-refractivity contribution in [1.82, 2.24) is 10.2 Å². The van der Waals surface area contributed by atoms with Gasteiger partial charge in [-0.25, -0.2) is 0 Å². The average molecular weight is 314 g/mol. The van der Waals surface area contributed by atoms with Crippen LogP contribution < -0.4 is 5.32 Å². The maximum absolute atomic E-state index is 10.6. The third-order valence-electron chi connectivity index (χ3n) is 2.90. The molecule has 0 aromatic carbocycles. The fourth-order valence-electron chi connectivity index (χ4n) is 1.91. The summed E-state index contributed by atoms with van der Waals surface area (Å²) < 4.78 is 0. The SMILES string of the molecule is C[C@H](c1ccc([N+](=O)[O-])s1)N1CCNCC1.Cl.Cl. The Hall–Kier alpha value is -0.400. The van der Waals surface area contributed by atoms with Crippen LogP contribution in [0.2, 0.25) is 0 Å². The van der Waals surface area contributed by atoms with Crippen molar-refractivity contribution in [1.29, 1.82) is 0 Å². The standard InChI is InChI=1S/C10H15N3O2S.2ClH/c1-8(12-6-4-11-5-7-12)9-2-3-10(16-9)13(14)15;;/h2-3,8,11H,4-7H2,1H3;2*1H/t8-;;/m1../s1. The van der Waals surface area contributed by atoms with Crippen LogP contribution in [0.25, 0.3) is 0 Å². The minimum absolute atomic E-state index is 0. The molecule has 104 valence electrons. The van der Waals surface area contributed by atoms with Gasteiger partial charge in [0.2, 0.25) is 0 Å². The van der Waals surface area contributed by atoms with Crippen LogP contribution in [0.5, 0.6) is 0 Å². The Morgan fingerprint density at radius 3 is 2.50 bits per heavy atom. The lowest BCUT2D eigenvalue weighted by Gasteiger charge is -2.32. The molecule has 0 aliphatic carbocycles. The number of nitro groups is 1. The van der Waals surface area contributed by atoms with Gasteiger partial charge in [-0.2, -0.15) is 0 Å². The van der Waals surface area contributed by atoms with Gasteiger partial charge in [-0.3, -0.25) is 15.0 Å². The molecule has 2 rings (SSSR count). The molecule has 0 radical (unpaired) electrons. The Labute approximate surface area is 123 Å². The zero-order valence-corrected chi connectivity index (χ0v) is 12.4. The van der Waals surface area contributed by atoms with Crippen LogP contribution in [-0.2, 0) is 0 Å². The molecular weight excluding hydrogens is 297 g/mol. The quantitative estimate of drug-likeness (QED) is 0.688. The van der Waals surface area contributed by atoms with Gasteiger partial charge in [0.1, 0.15) is 0 Å². The van der Waals surface area contributed by atoms with Crippen molar-refractivity contribution in [2.45, 2.75) is 13.0 Å². The van der Waals surface area contributed by atoms with Gasteiger partial charge in [-0.05, 0) is 13.0 Å². The molecule has 0 amide bonds. The number of nitrogens with zero attached hydrogens (tertiary/aromatic N) is 2. The van der Waals surface area contributed by atoms with Crippen molar-refractivity contribution in [2.75, 3.05) is 26.2 Å². The Morgan fingerprint density at radius 2 is 2.00 bits per heavy atom. The van der Waals surface area contributed by atoms with Crippen molar-refractivity contribution in [3.8, 4) is 0 Å². The topological polar surface area (TPSA) is 58.4 Å². The van der Waals surface area contributed by atoms with Gasteiger partial charge < -0.3 is 5.32 Å². The first-order chi connectivity index (χ1) is 7.68. The first-order valence-electron chi connectivity index (χ1n) is 5.37. The highest BCUT2D eigenvalue weighted by molar-refractivity contribution is 7.15. The van der Waals surface area contributed by atoms with Crippen LogP contribution in [0.15, 0.2) is 12.1 Å². The molecule has 2 heterocycles. The van der Waals surface area contributed by atoms with Crippen molar-refractivity contribution in [3.63, 3.8) is 0 Å². The molecule has 1 aromatic heterocycles. The van der Waals surface area contributed by atoms with Gasteiger partial charge in [-0.15, -0.1) is 24.8 Å². The normalized spacial score (nSPS) is 17.4. The second kappa shape index (κ2) is 7.91. The Balaban J connectivity index is 0.00000144. The number of hydrogen-bond acceptors (Lipinski definition) is 5. The predicted octanol–water partition coefficient (Wildman–Crippen LogP) is 2.47. The van der Waals surface area contributed by atoms with E-state index >= 15 is 0 Å². The summed E-state index contributed by atoms with van der Waals surface area (Å²) in [5.74, 6) is 0. The average Bonchev–Trinajstić information content (AvgIpc) is 2.78. The highest BCUT2D eigenvalue weighted by Crippen LogP contribution is 2.31. The summed E-state index contributed by atoms with van der Waals surface area (Å²) in [4.78, 5) is 13.7. The predicted molar refractivity (Wildman–Crippen MR) is 78.3 cm³/mol. The van der Waals surface area contributed by atoms with Gasteiger partial charge in [0.15, 0.2) is 0 Å². The zero-order chi connectivity index (χ0) is 11.5. The molecule has 1 atom stereocenters. The Kier molecular flexibility index (Phi) is 7.73. The fraction of sp³-hybridized carbons (Fsp3) is 0.600. The third kappa shape index (κ3) is 4.07. The summed E-state index contributed by atoms with van der Waals surface area (Å²) in [6.07, 6.45) is 0. The highest BCUT2D eigenvalue weighted by atomic mass is 35.5. The maximum atomic E-state index is 10.6. The second-order valence-electron chi connectivity index (χ2n) is 3.90. The molecule has 1 N–H and O–H groups in total. The third-order valence-corrected chi connectivity index (χ3v) is 4.11. The number of hydrogen-bond donors (Lipinski definition) is 1. The lowest BCUT2D eigenvalue weighted by Crippen LogP contribution is -2.44. The molecule has 1 aliphatic rings. The molecule has 0 bridgehead atoms. The van der Waals surface area contributed by atoms with E-state index in [1.807, 2.05) is 6.07 Å². The van der Waals surface area contributed by atoms with E-state index in [-0.39, 0.29) is 40.8 Å². The molecule has 0 unspecified atom stereocenters. The van der Waals surface area contributed by atoms with Gasteiger partial charge in [-0.1, -0.05) is 11.3 Å². The van der Waals surface area contributed by atoms with Crippen molar-refractivity contribution in [2.24, 2.45) is 0 Å². The van der Waals surface area contributed by atoms with Crippen LogP contribution >= 0.6 is 36.2 Å².